The van der Waals surface area contributed by atoms with Gasteiger partial charge in [0.15, 0.2) is 0 Å². The third kappa shape index (κ3) is 5.62. The molecule has 0 saturated carbocycles. The van der Waals surface area contributed by atoms with Crippen LogP contribution in [0.1, 0.15) is 33.6 Å². The summed E-state index contributed by atoms with van der Waals surface area (Å²) < 4.78 is 10.4. The Kier molecular flexibility index (Phi) is 4.39. The Morgan fingerprint density at radius 1 is 1.53 bits per heavy atom. The maximum atomic E-state index is 11.3. The molecule has 1 aliphatic rings. The molecular formula is C11H21NO3. The third-order valence-electron chi connectivity index (χ3n) is 2.13. The molecule has 0 radical (unpaired) electrons. The first-order valence-corrected chi connectivity index (χ1v) is 5.49. The molecule has 0 aromatic rings. The third-order valence-corrected chi connectivity index (χ3v) is 2.13. The van der Waals surface area contributed by atoms with Crippen molar-refractivity contribution in [3.63, 3.8) is 0 Å². The second kappa shape index (κ2) is 5.35. The molecule has 1 fully saturated rings. The van der Waals surface area contributed by atoms with Crippen LogP contribution in [-0.4, -0.2) is 32.0 Å². The Bertz CT molecular complexity index is 204. The maximum absolute atomic E-state index is 11.3. The number of alkyl carbamates (subject to hydrolysis) is 1. The number of amides is 1. The van der Waals surface area contributed by atoms with Crippen LogP contribution in [0, 0.1) is 5.41 Å². The number of hydrogen-bond acceptors (Lipinski definition) is 3. The predicted octanol–water partition coefficient (Wildman–Crippen LogP) is 1.94. The van der Waals surface area contributed by atoms with Gasteiger partial charge in [-0.2, -0.15) is 0 Å². The molecule has 1 N–H and O–H groups in total. The van der Waals surface area contributed by atoms with Crippen molar-refractivity contribution in [1.29, 1.82) is 0 Å². The normalized spacial score (nSPS) is 21.4. The van der Waals surface area contributed by atoms with E-state index in [9.17, 15) is 4.79 Å². The topological polar surface area (TPSA) is 47.6 Å². The summed E-state index contributed by atoms with van der Waals surface area (Å²) in [6, 6.07) is 0. The highest BCUT2D eigenvalue weighted by molar-refractivity contribution is 5.67. The highest BCUT2D eigenvalue weighted by Gasteiger charge is 2.17. The summed E-state index contributed by atoms with van der Waals surface area (Å²) in [5, 5.41) is 2.71. The summed E-state index contributed by atoms with van der Waals surface area (Å²) in [7, 11) is 0. The van der Waals surface area contributed by atoms with Gasteiger partial charge in [-0.25, -0.2) is 4.79 Å². The Hall–Kier alpha value is -0.770. The van der Waals surface area contributed by atoms with Crippen molar-refractivity contribution in [2.75, 3.05) is 19.8 Å². The van der Waals surface area contributed by atoms with Crippen molar-refractivity contribution in [2.45, 2.75) is 39.7 Å². The van der Waals surface area contributed by atoms with Gasteiger partial charge in [0, 0.05) is 13.2 Å². The van der Waals surface area contributed by atoms with Crippen LogP contribution in [0.4, 0.5) is 4.79 Å². The highest BCUT2D eigenvalue weighted by atomic mass is 16.5. The molecule has 0 aliphatic carbocycles. The number of nitrogens with one attached hydrogen (secondary N) is 1. The Balaban J connectivity index is 2.08. The van der Waals surface area contributed by atoms with Crippen molar-refractivity contribution in [3.05, 3.63) is 0 Å². The van der Waals surface area contributed by atoms with Crippen molar-refractivity contribution >= 4 is 6.09 Å². The molecule has 0 aromatic carbocycles. The highest BCUT2D eigenvalue weighted by Crippen LogP contribution is 2.13. The summed E-state index contributed by atoms with van der Waals surface area (Å²) in [6.07, 6.45) is 1.94. The fourth-order valence-corrected chi connectivity index (χ4v) is 1.34. The molecule has 1 unspecified atom stereocenters. The minimum absolute atomic E-state index is 0.0151. The van der Waals surface area contributed by atoms with Gasteiger partial charge in [0.2, 0.25) is 0 Å². The SMILES string of the molecule is CC(C)(C)COC(=O)NCC1CCCO1. The summed E-state index contributed by atoms with van der Waals surface area (Å²) in [4.78, 5) is 11.3. The second-order valence-electron chi connectivity index (χ2n) is 5.15. The number of carbonyl (C=O) groups is 1. The average Bonchev–Trinajstić information content (AvgIpc) is 2.62. The lowest BCUT2D eigenvalue weighted by Gasteiger charge is -2.18. The molecule has 1 rings (SSSR count). The van der Waals surface area contributed by atoms with Gasteiger partial charge in [-0.3, -0.25) is 0 Å². The molecule has 1 aliphatic heterocycles. The lowest BCUT2D eigenvalue weighted by atomic mass is 9.99. The Morgan fingerprint density at radius 2 is 2.27 bits per heavy atom. The summed E-state index contributed by atoms with van der Waals surface area (Å²) >= 11 is 0. The minimum Gasteiger partial charge on any atom is -0.449 e. The van der Waals surface area contributed by atoms with Crippen LogP contribution in [0.15, 0.2) is 0 Å². The fraction of sp³-hybridized carbons (Fsp3) is 0.909. The molecule has 1 saturated heterocycles. The van der Waals surface area contributed by atoms with Crippen LogP contribution >= 0.6 is 0 Å². The van der Waals surface area contributed by atoms with E-state index in [0.717, 1.165) is 19.4 Å². The molecule has 0 aromatic heterocycles. The Morgan fingerprint density at radius 3 is 2.80 bits per heavy atom. The summed E-state index contributed by atoms with van der Waals surface area (Å²) in [5.74, 6) is 0. The molecule has 0 spiro atoms. The number of hydrogen-bond donors (Lipinski definition) is 1. The number of rotatable bonds is 3. The second-order valence-corrected chi connectivity index (χ2v) is 5.15. The molecule has 1 atom stereocenters. The van der Waals surface area contributed by atoms with Crippen LogP contribution in [0.5, 0.6) is 0 Å². The van der Waals surface area contributed by atoms with Gasteiger partial charge >= 0.3 is 6.09 Å². The fourth-order valence-electron chi connectivity index (χ4n) is 1.34. The molecule has 4 heteroatoms. The van der Waals surface area contributed by atoms with E-state index >= 15 is 0 Å². The molecule has 1 amide bonds. The summed E-state index contributed by atoms with van der Waals surface area (Å²) in [6.45, 7) is 7.89. The monoisotopic (exact) mass is 215 g/mol. The van der Waals surface area contributed by atoms with Crippen LogP contribution in [0.25, 0.3) is 0 Å². The molecule has 1 heterocycles. The predicted molar refractivity (Wildman–Crippen MR) is 57.8 cm³/mol. The van der Waals surface area contributed by atoms with Crippen LogP contribution in [-0.2, 0) is 9.47 Å². The lowest BCUT2D eigenvalue weighted by Crippen LogP contribution is -2.33. The van der Waals surface area contributed by atoms with Crippen LogP contribution in [0.2, 0.25) is 0 Å². The first kappa shape index (κ1) is 12.3. The zero-order valence-corrected chi connectivity index (χ0v) is 9.84. The first-order valence-electron chi connectivity index (χ1n) is 5.49. The van der Waals surface area contributed by atoms with E-state index in [-0.39, 0.29) is 17.6 Å². The minimum atomic E-state index is -0.347. The standard InChI is InChI=1S/C11H21NO3/c1-11(2,3)8-15-10(13)12-7-9-5-4-6-14-9/h9H,4-8H2,1-3H3,(H,12,13). The van der Waals surface area contributed by atoms with Crippen LogP contribution in [0.3, 0.4) is 0 Å². The first-order chi connectivity index (χ1) is 6.97. The molecule has 0 bridgehead atoms. The van der Waals surface area contributed by atoms with Gasteiger partial charge in [0.1, 0.15) is 0 Å². The maximum Gasteiger partial charge on any atom is 0.407 e. The van der Waals surface area contributed by atoms with E-state index in [1.165, 1.54) is 0 Å². The number of ether oxygens (including phenoxy) is 2. The van der Waals surface area contributed by atoms with Gasteiger partial charge in [-0.1, -0.05) is 20.8 Å². The molecule has 4 nitrogen and oxygen atoms in total. The quantitative estimate of drug-likeness (QED) is 0.782. The van der Waals surface area contributed by atoms with Crippen molar-refractivity contribution in [3.8, 4) is 0 Å². The Labute approximate surface area is 91.3 Å². The van der Waals surface area contributed by atoms with Crippen LogP contribution < -0.4 is 5.32 Å². The molecular weight excluding hydrogens is 194 g/mol. The zero-order chi connectivity index (χ0) is 11.3. The van der Waals surface area contributed by atoms with Gasteiger partial charge in [-0.05, 0) is 18.3 Å². The zero-order valence-electron chi connectivity index (χ0n) is 9.84. The van der Waals surface area contributed by atoms with Crippen molar-refractivity contribution in [1.82, 2.24) is 5.32 Å². The average molecular weight is 215 g/mol. The summed E-state index contributed by atoms with van der Waals surface area (Å²) in [5.41, 5.74) is 0.0151. The largest absolute Gasteiger partial charge is 0.449 e. The van der Waals surface area contributed by atoms with Crippen molar-refractivity contribution < 1.29 is 14.3 Å². The van der Waals surface area contributed by atoms with Gasteiger partial charge < -0.3 is 14.8 Å². The molecule has 15 heavy (non-hydrogen) atoms. The van der Waals surface area contributed by atoms with E-state index in [4.69, 9.17) is 9.47 Å². The van der Waals surface area contributed by atoms with Gasteiger partial charge in [-0.15, -0.1) is 0 Å². The van der Waals surface area contributed by atoms with E-state index in [2.05, 4.69) is 5.32 Å². The molecule has 88 valence electrons. The van der Waals surface area contributed by atoms with E-state index in [1.807, 2.05) is 20.8 Å². The van der Waals surface area contributed by atoms with E-state index in [1.54, 1.807) is 0 Å². The van der Waals surface area contributed by atoms with Gasteiger partial charge in [0.05, 0.1) is 12.7 Å². The van der Waals surface area contributed by atoms with E-state index in [0.29, 0.717) is 13.2 Å². The lowest BCUT2D eigenvalue weighted by molar-refractivity contribution is 0.0882. The van der Waals surface area contributed by atoms with Gasteiger partial charge in [0.25, 0.3) is 0 Å². The number of carbonyl (C=O) groups excluding carboxylic acids is 1. The van der Waals surface area contributed by atoms with E-state index < -0.39 is 0 Å². The smallest absolute Gasteiger partial charge is 0.407 e. The van der Waals surface area contributed by atoms with Crippen molar-refractivity contribution in [2.24, 2.45) is 5.41 Å².